The Balaban J connectivity index is 1.93. The fraction of sp³-hybridized carbons (Fsp3) is 0.111. The van der Waals surface area contributed by atoms with E-state index in [2.05, 4.69) is 9.71 Å². The Morgan fingerprint density at radius 1 is 1.11 bits per heavy atom. The highest BCUT2D eigenvalue weighted by atomic mass is 32.2. The second kappa shape index (κ2) is 6.34. The van der Waals surface area contributed by atoms with Crippen LogP contribution in [-0.4, -0.2) is 16.8 Å². The normalized spacial score (nSPS) is 14.3. The average molecular weight is 392 g/mol. The Morgan fingerprint density at radius 3 is 2.44 bits per heavy atom. The third-order valence-corrected chi connectivity index (χ3v) is 4.63. The summed E-state index contributed by atoms with van der Waals surface area (Å²) >= 11 is 1.33. The van der Waals surface area contributed by atoms with E-state index in [0.717, 1.165) is 6.07 Å². The van der Waals surface area contributed by atoms with Gasteiger partial charge >= 0.3 is 6.18 Å². The number of rotatable bonds is 2. The summed E-state index contributed by atoms with van der Waals surface area (Å²) in [6.07, 6.45) is -4.87. The van der Waals surface area contributed by atoms with Gasteiger partial charge in [-0.1, -0.05) is 24.3 Å². The molecule has 1 aliphatic rings. The van der Waals surface area contributed by atoms with Crippen molar-refractivity contribution in [3.63, 3.8) is 0 Å². The molecule has 0 atom stereocenters. The number of phenolic OH excluding ortho intramolecular Hbond substituents is 1. The summed E-state index contributed by atoms with van der Waals surface area (Å²) < 4.78 is 49.8. The van der Waals surface area contributed by atoms with Gasteiger partial charge in [0.05, 0.1) is 16.8 Å². The Hall–Kier alpha value is -2.94. The summed E-state index contributed by atoms with van der Waals surface area (Å²) in [5, 5.41) is 12.5. The van der Waals surface area contributed by atoms with Crippen LogP contribution < -0.4 is 10.7 Å². The van der Waals surface area contributed by atoms with Gasteiger partial charge < -0.3 is 14.8 Å². The van der Waals surface area contributed by atoms with Crippen molar-refractivity contribution in [3.8, 4) is 16.9 Å². The number of hydrogen-bond acceptors (Lipinski definition) is 6. The minimum absolute atomic E-state index is 0.0434. The van der Waals surface area contributed by atoms with Crippen LogP contribution in [0.25, 0.3) is 22.1 Å². The first-order valence-corrected chi connectivity index (χ1v) is 8.70. The van der Waals surface area contributed by atoms with Crippen molar-refractivity contribution in [2.75, 3.05) is 5.88 Å². The second-order valence-corrected chi connectivity index (χ2v) is 6.51. The predicted octanol–water partition coefficient (Wildman–Crippen LogP) is 4.14. The van der Waals surface area contributed by atoms with Crippen LogP contribution in [0.2, 0.25) is 0 Å². The van der Waals surface area contributed by atoms with Gasteiger partial charge in [0.25, 0.3) is 0 Å². The van der Waals surface area contributed by atoms with Crippen molar-refractivity contribution < 1.29 is 22.7 Å². The highest BCUT2D eigenvalue weighted by Crippen LogP contribution is 2.37. The molecule has 0 spiro atoms. The van der Waals surface area contributed by atoms with Crippen LogP contribution in [0, 0.1) is 0 Å². The van der Waals surface area contributed by atoms with Gasteiger partial charge in [0.15, 0.2) is 0 Å². The highest BCUT2D eigenvalue weighted by molar-refractivity contribution is 7.98. The Bertz CT molecular complexity index is 1120. The third-order valence-electron chi connectivity index (χ3n) is 4.04. The van der Waals surface area contributed by atoms with E-state index in [1.165, 1.54) is 36.2 Å². The van der Waals surface area contributed by atoms with Crippen molar-refractivity contribution >= 4 is 28.8 Å². The van der Waals surface area contributed by atoms with Crippen LogP contribution in [0.3, 0.4) is 0 Å². The first kappa shape index (κ1) is 17.5. The van der Waals surface area contributed by atoms with Crippen molar-refractivity contribution in [1.82, 2.24) is 5.32 Å². The number of halogens is 3. The van der Waals surface area contributed by atoms with E-state index in [0.29, 0.717) is 17.3 Å². The van der Waals surface area contributed by atoms with Gasteiger partial charge in [-0.05, 0) is 29.6 Å². The Morgan fingerprint density at radius 2 is 1.81 bits per heavy atom. The Kier molecular flexibility index (Phi) is 4.11. The fourth-order valence-electron chi connectivity index (χ4n) is 2.82. The largest absolute Gasteiger partial charge is 0.508 e. The smallest absolute Gasteiger partial charge is 0.450 e. The highest BCUT2D eigenvalue weighted by Gasteiger charge is 2.39. The lowest BCUT2D eigenvalue weighted by Gasteiger charge is -2.13. The minimum atomic E-state index is -4.87. The average Bonchev–Trinajstić information content (AvgIpc) is 3.15. The molecule has 138 valence electrons. The molecule has 3 aromatic rings. The zero-order valence-corrected chi connectivity index (χ0v) is 14.3. The second-order valence-electron chi connectivity index (χ2n) is 5.78. The fourth-order valence-corrected chi connectivity index (χ4v) is 3.39. The number of aromatic hydroxyl groups is 1. The van der Waals surface area contributed by atoms with Crippen LogP contribution in [-0.2, 0) is 6.18 Å². The molecule has 0 unspecified atom stereocenters. The monoisotopic (exact) mass is 392 g/mol. The summed E-state index contributed by atoms with van der Waals surface area (Å²) in [5.41, 5.74) is -0.922. The van der Waals surface area contributed by atoms with Crippen LogP contribution in [0.15, 0.2) is 56.1 Å². The summed E-state index contributed by atoms with van der Waals surface area (Å²) in [5.74, 6) is -0.441. The van der Waals surface area contributed by atoms with E-state index < -0.39 is 22.9 Å². The van der Waals surface area contributed by atoms with Crippen LogP contribution >= 0.6 is 11.9 Å². The lowest BCUT2D eigenvalue weighted by Crippen LogP contribution is -2.18. The molecule has 0 fully saturated rings. The molecule has 4 rings (SSSR count). The topological polar surface area (TPSA) is 74.8 Å². The summed E-state index contributed by atoms with van der Waals surface area (Å²) in [6.45, 7) is 0. The van der Waals surface area contributed by atoms with Crippen molar-refractivity contribution in [2.24, 2.45) is 4.40 Å². The number of nitrogens with one attached hydrogen (secondary N) is 1. The Labute approximate surface area is 154 Å². The maximum Gasteiger partial charge on any atom is 0.450 e. The molecule has 0 radical (unpaired) electrons. The molecule has 0 saturated heterocycles. The van der Waals surface area contributed by atoms with E-state index in [1.807, 2.05) is 0 Å². The molecule has 2 heterocycles. The standard InChI is InChI=1S/C18H11F3N2O3S/c19-18(20,21)16-14(15(25)12-6-5-11(24)7-13(12)26-16)9-1-3-10(4-2-9)17-22-8-27-23-17/h1-7,24H,8H2,(H,22,23). The SMILES string of the molecule is O=c1c(-c2ccc(C3=NSCN3)cc2)c(C(F)(F)F)oc2cc(O)ccc12. The van der Waals surface area contributed by atoms with Crippen LogP contribution in [0.1, 0.15) is 11.3 Å². The molecule has 1 aliphatic heterocycles. The first-order chi connectivity index (χ1) is 12.8. The molecule has 2 N–H and O–H groups in total. The number of phenols is 1. The molecular weight excluding hydrogens is 381 g/mol. The third kappa shape index (κ3) is 3.14. The zero-order chi connectivity index (χ0) is 19.2. The summed E-state index contributed by atoms with van der Waals surface area (Å²) in [6, 6.07) is 9.48. The van der Waals surface area contributed by atoms with E-state index in [9.17, 15) is 23.1 Å². The molecule has 27 heavy (non-hydrogen) atoms. The maximum atomic E-state index is 13.5. The van der Waals surface area contributed by atoms with E-state index in [4.69, 9.17) is 4.42 Å². The van der Waals surface area contributed by atoms with E-state index >= 15 is 0 Å². The molecule has 0 aliphatic carbocycles. The van der Waals surface area contributed by atoms with E-state index in [1.54, 1.807) is 12.1 Å². The van der Waals surface area contributed by atoms with Gasteiger partial charge in [-0.25, -0.2) is 0 Å². The maximum absolute atomic E-state index is 13.5. The van der Waals surface area contributed by atoms with Crippen LogP contribution in [0.4, 0.5) is 13.2 Å². The van der Waals surface area contributed by atoms with Gasteiger partial charge in [0, 0.05) is 11.6 Å². The first-order valence-electron chi connectivity index (χ1n) is 7.76. The number of benzene rings is 2. The van der Waals surface area contributed by atoms with Gasteiger partial charge in [0.1, 0.15) is 17.2 Å². The molecular formula is C18H11F3N2O3S. The van der Waals surface area contributed by atoms with E-state index in [-0.39, 0.29) is 22.3 Å². The van der Waals surface area contributed by atoms with Crippen molar-refractivity contribution in [3.05, 3.63) is 64.0 Å². The van der Waals surface area contributed by atoms with Gasteiger partial charge in [0.2, 0.25) is 11.2 Å². The zero-order valence-electron chi connectivity index (χ0n) is 13.5. The number of fused-ring (bicyclic) bond motifs is 1. The number of nitrogens with zero attached hydrogens (tertiary/aromatic N) is 1. The molecule has 0 saturated carbocycles. The molecule has 1 aromatic heterocycles. The minimum Gasteiger partial charge on any atom is -0.508 e. The molecule has 0 bridgehead atoms. The van der Waals surface area contributed by atoms with Gasteiger partial charge in [-0.15, -0.1) is 0 Å². The summed E-state index contributed by atoms with van der Waals surface area (Å²) in [4.78, 5) is 12.8. The molecule has 0 amide bonds. The van der Waals surface area contributed by atoms with Crippen molar-refractivity contribution in [2.45, 2.75) is 6.18 Å². The quantitative estimate of drug-likeness (QED) is 0.641. The summed E-state index contributed by atoms with van der Waals surface area (Å²) in [7, 11) is 0. The van der Waals surface area contributed by atoms with Crippen LogP contribution in [0.5, 0.6) is 5.75 Å². The number of amidine groups is 1. The number of alkyl halides is 3. The molecule has 2 aromatic carbocycles. The lowest BCUT2D eigenvalue weighted by atomic mass is 10.00. The molecule has 9 heteroatoms. The van der Waals surface area contributed by atoms with Crippen molar-refractivity contribution in [1.29, 1.82) is 0 Å². The lowest BCUT2D eigenvalue weighted by molar-refractivity contribution is -0.152. The van der Waals surface area contributed by atoms with Gasteiger partial charge in [-0.3, -0.25) is 4.79 Å². The predicted molar refractivity (Wildman–Crippen MR) is 96.7 cm³/mol. The number of hydrogen-bond donors (Lipinski definition) is 2. The van der Waals surface area contributed by atoms with Gasteiger partial charge in [-0.2, -0.15) is 17.6 Å². The molecule has 5 nitrogen and oxygen atoms in total.